The number of hydrogen-bond acceptors (Lipinski definition) is 6. The smallest absolute Gasteiger partial charge is 0.239 e. The molecule has 0 amide bonds. The minimum atomic E-state index is 0.313. The summed E-state index contributed by atoms with van der Waals surface area (Å²) in [7, 11) is 0. The lowest BCUT2D eigenvalue weighted by Crippen LogP contribution is -2.31. The number of ether oxygens (including phenoxy) is 1. The molecule has 0 radical (unpaired) electrons. The van der Waals surface area contributed by atoms with Crippen molar-refractivity contribution < 1.29 is 4.74 Å². The molecule has 2 aromatic rings. The molecule has 1 aliphatic carbocycles. The first kappa shape index (κ1) is 12.8. The Hall–Kier alpha value is -1.92. The van der Waals surface area contributed by atoms with Crippen molar-refractivity contribution >= 4 is 22.7 Å². The molecule has 110 valence electrons. The van der Waals surface area contributed by atoms with Gasteiger partial charge in [0.05, 0.1) is 17.7 Å². The zero-order chi connectivity index (χ0) is 14.2. The Bertz CT molecular complexity index is 658. The Morgan fingerprint density at radius 2 is 2.00 bits per heavy atom. The van der Waals surface area contributed by atoms with E-state index in [0.29, 0.717) is 24.0 Å². The number of hydrazine groups is 1. The molecule has 2 fully saturated rings. The van der Waals surface area contributed by atoms with Crippen LogP contribution in [0.3, 0.4) is 0 Å². The van der Waals surface area contributed by atoms with Crippen LogP contribution in [0.15, 0.2) is 24.3 Å². The van der Waals surface area contributed by atoms with Crippen molar-refractivity contribution in [3.63, 3.8) is 0 Å². The fraction of sp³-hybridized carbons (Fsp3) is 0.467. The van der Waals surface area contributed by atoms with Gasteiger partial charge in [-0.05, 0) is 37.3 Å². The van der Waals surface area contributed by atoms with Gasteiger partial charge in [-0.25, -0.2) is 10.8 Å². The Kier molecular flexibility index (Phi) is 3.12. The Labute approximate surface area is 123 Å². The van der Waals surface area contributed by atoms with Crippen LogP contribution >= 0.6 is 0 Å². The van der Waals surface area contributed by atoms with E-state index < -0.39 is 0 Å². The minimum Gasteiger partial charge on any atom is -0.376 e. The molecule has 1 aromatic carbocycles. The fourth-order valence-corrected chi connectivity index (χ4v) is 3.08. The van der Waals surface area contributed by atoms with Gasteiger partial charge in [0.2, 0.25) is 5.95 Å². The number of nitrogens with one attached hydrogen (secondary N) is 2. The van der Waals surface area contributed by atoms with Gasteiger partial charge in [-0.2, -0.15) is 4.98 Å². The summed E-state index contributed by atoms with van der Waals surface area (Å²) in [5.41, 5.74) is 3.42. The predicted octanol–water partition coefficient (Wildman–Crippen LogP) is 1.89. The molecule has 2 aliphatic rings. The molecule has 0 bridgehead atoms. The number of fused-ring (bicyclic) bond motifs is 1. The molecule has 1 aliphatic heterocycles. The lowest BCUT2D eigenvalue weighted by molar-refractivity contribution is 0.0898. The average Bonchev–Trinajstić information content (AvgIpc) is 3.27. The normalized spacial score (nSPS) is 25.2. The lowest BCUT2D eigenvalue weighted by Gasteiger charge is -2.21. The second-order valence-corrected chi connectivity index (χ2v) is 5.77. The van der Waals surface area contributed by atoms with Crippen LogP contribution in [0.2, 0.25) is 0 Å². The molecule has 0 spiro atoms. The van der Waals surface area contributed by atoms with Crippen LogP contribution < -0.4 is 16.6 Å². The third-order valence-corrected chi connectivity index (χ3v) is 4.28. The van der Waals surface area contributed by atoms with Crippen molar-refractivity contribution in [2.45, 2.75) is 31.4 Å². The molecule has 1 saturated carbocycles. The van der Waals surface area contributed by atoms with Gasteiger partial charge in [-0.15, -0.1) is 0 Å². The first-order valence-corrected chi connectivity index (χ1v) is 7.46. The van der Waals surface area contributed by atoms with Crippen molar-refractivity contribution in [2.24, 2.45) is 11.8 Å². The molecular formula is C15H19N5O. The molecule has 2 heterocycles. The molecule has 2 atom stereocenters. The molecule has 4 rings (SSSR count). The standard InChI is InChI=1S/C15H19N5O/c16-20-15-18-11-4-2-1-3-10(11)14(19-15)17-12-7-8-21-13(12)9-5-6-9/h1-4,9,12-13H,5-8,16H2,(H2,17,18,19,20). The zero-order valence-electron chi connectivity index (χ0n) is 11.7. The van der Waals surface area contributed by atoms with Gasteiger partial charge in [-0.1, -0.05) is 12.1 Å². The van der Waals surface area contributed by atoms with E-state index in [2.05, 4.69) is 20.7 Å². The van der Waals surface area contributed by atoms with E-state index in [-0.39, 0.29) is 0 Å². The van der Waals surface area contributed by atoms with Gasteiger partial charge < -0.3 is 10.1 Å². The van der Waals surface area contributed by atoms with Crippen LogP contribution in [0.25, 0.3) is 10.9 Å². The molecule has 21 heavy (non-hydrogen) atoms. The summed E-state index contributed by atoms with van der Waals surface area (Å²) in [6, 6.07) is 8.27. The summed E-state index contributed by atoms with van der Waals surface area (Å²) in [6.07, 6.45) is 3.89. The first-order chi connectivity index (χ1) is 10.3. The van der Waals surface area contributed by atoms with E-state index in [1.807, 2.05) is 24.3 Å². The molecular weight excluding hydrogens is 266 g/mol. The summed E-state index contributed by atoms with van der Waals surface area (Å²) >= 11 is 0. The molecule has 6 nitrogen and oxygen atoms in total. The third-order valence-electron chi connectivity index (χ3n) is 4.28. The predicted molar refractivity (Wildman–Crippen MR) is 81.8 cm³/mol. The van der Waals surface area contributed by atoms with Crippen molar-refractivity contribution in [1.29, 1.82) is 0 Å². The third kappa shape index (κ3) is 2.41. The number of benzene rings is 1. The number of nitrogens with two attached hydrogens (primary N) is 1. The number of anilines is 2. The Balaban J connectivity index is 1.68. The van der Waals surface area contributed by atoms with Crippen LogP contribution in [-0.2, 0) is 4.74 Å². The van der Waals surface area contributed by atoms with Crippen molar-refractivity contribution in [3.8, 4) is 0 Å². The lowest BCUT2D eigenvalue weighted by atomic mass is 10.1. The van der Waals surface area contributed by atoms with Crippen LogP contribution in [0.4, 0.5) is 11.8 Å². The number of para-hydroxylation sites is 1. The van der Waals surface area contributed by atoms with E-state index in [9.17, 15) is 0 Å². The van der Waals surface area contributed by atoms with E-state index in [4.69, 9.17) is 10.6 Å². The number of nitrogen functional groups attached to an aromatic ring is 1. The highest BCUT2D eigenvalue weighted by Gasteiger charge is 2.40. The highest BCUT2D eigenvalue weighted by atomic mass is 16.5. The Morgan fingerprint density at radius 3 is 2.81 bits per heavy atom. The van der Waals surface area contributed by atoms with Gasteiger partial charge in [0.1, 0.15) is 5.82 Å². The maximum atomic E-state index is 5.88. The molecule has 1 saturated heterocycles. The monoisotopic (exact) mass is 285 g/mol. The molecule has 2 unspecified atom stereocenters. The van der Waals surface area contributed by atoms with E-state index in [1.54, 1.807) is 0 Å². The molecule has 1 aromatic heterocycles. The van der Waals surface area contributed by atoms with Crippen LogP contribution in [0.1, 0.15) is 19.3 Å². The Morgan fingerprint density at radius 1 is 1.14 bits per heavy atom. The summed E-state index contributed by atoms with van der Waals surface area (Å²) in [5, 5.41) is 4.57. The SMILES string of the molecule is NNc1nc(NC2CCOC2C2CC2)c2ccccc2n1. The number of aromatic nitrogens is 2. The quantitative estimate of drug-likeness (QED) is 0.587. The largest absolute Gasteiger partial charge is 0.376 e. The number of rotatable bonds is 4. The maximum absolute atomic E-state index is 5.88. The van der Waals surface area contributed by atoms with Crippen molar-refractivity contribution in [3.05, 3.63) is 24.3 Å². The summed E-state index contributed by atoms with van der Waals surface area (Å²) < 4.78 is 5.88. The maximum Gasteiger partial charge on any atom is 0.239 e. The highest BCUT2D eigenvalue weighted by Crippen LogP contribution is 2.40. The number of hydrogen-bond donors (Lipinski definition) is 3. The van der Waals surface area contributed by atoms with Gasteiger partial charge in [0.15, 0.2) is 0 Å². The second kappa shape index (κ2) is 5.13. The molecule has 4 N–H and O–H groups in total. The van der Waals surface area contributed by atoms with Gasteiger partial charge in [0.25, 0.3) is 0 Å². The van der Waals surface area contributed by atoms with Crippen molar-refractivity contribution in [1.82, 2.24) is 9.97 Å². The van der Waals surface area contributed by atoms with E-state index in [0.717, 1.165) is 29.7 Å². The number of nitrogens with zero attached hydrogens (tertiary/aromatic N) is 2. The summed E-state index contributed by atoms with van der Waals surface area (Å²) in [4.78, 5) is 8.86. The molecule has 6 heteroatoms. The summed E-state index contributed by atoms with van der Waals surface area (Å²) in [6.45, 7) is 0.823. The second-order valence-electron chi connectivity index (χ2n) is 5.77. The van der Waals surface area contributed by atoms with Gasteiger partial charge >= 0.3 is 0 Å². The summed E-state index contributed by atoms with van der Waals surface area (Å²) in [5.74, 6) is 7.45. The fourth-order valence-electron chi connectivity index (χ4n) is 3.08. The average molecular weight is 285 g/mol. The van der Waals surface area contributed by atoms with Gasteiger partial charge in [0, 0.05) is 12.0 Å². The topological polar surface area (TPSA) is 85.1 Å². The van der Waals surface area contributed by atoms with Crippen LogP contribution in [-0.4, -0.2) is 28.7 Å². The first-order valence-electron chi connectivity index (χ1n) is 7.46. The van der Waals surface area contributed by atoms with Crippen LogP contribution in [0, 0.1) is 5.92 Å². The van der Waals surface area contributed by atoms with Crippen LogP contribution in [0.5, 0.6) is 0 Å². The minimum absolute atomic E-state index is 0.313. The highest BCUT2D eigenvalue weighted by molar-refractivity contribution is 5.90. The zero-order valence-corrected chi connectivity index (χ0v) is 11.7. The van der Waals surface area contributed by atoms with Crippen molar-refractivity contribution in [2.75, 3.05) is 17.3 Å². The van der Waals surface area contributed by atoms with Gasteiger partial charge in [-0.3, -0.25) is 5.43 Å². The van der Waals surface area contributed by atoms with E-state index in [1.165, 1.54) is 12.8 Å². The van der Waals surface area contributed by atoms with E-state index >= 15 is 0 Å².